The second-order valence-corrected chi connectivity index (χ2v) is 4.15. The van der Waals surface area contributed by atoms with Crippen LogP contribution in [0.3, 0.4) is 0 Å². The molecule has 1 N–H and O–H groups in total. The largest absolute Gasteiger partial charge is 0.462 e. The highest BCUT2D eigenvalue weighted by Crippen LogP contribution is 2.63. The van der Waals surface area contributed by atoms with Gasteiger partial charge in [0.05, 0.1) is 6.10 Å². The van der Waals surface area contributed by atoms with Gasteiger partial charge in [0, 0.05) is 25.2 Å². The molecule has 2 fully saturated rings. The molecule has 3 nitrogen and oxygen atoms in total. The third-order valence-corrected chi connectivity index (χ3v) is 3.19. The molecule has 2 rings (SSSR count). The van der Waals surface area contributed by atoms with Crippen molar-refractivity contribution in [2.24, 2.45) is 11.8 Å². The highest BCUT2D eigenvalue weighted by atomic mass is 19.1. The van der Waals surface area contributed by atoms with E-state index in [0.29, 0.717) is 6.42 Å². The normalized spacial score (nSPS) is 52.9. The average molecular weight is 188 g/mol. The number of ether oxygens (including phenoxy) is 1. The summed E-state index contributed by atoms with van der Waals surface area (Å²) in [5, 5.41) is 9.43. The van der Waals surface area contributed by atoms with E-state index in [1.807, 2.05) is 0 Å². The number of aliphatic hydroxyl groups excluding tert-OH is 1. The number of fused-ring (bicyclic) bond motifs is 1. The fourth-order valence-corrected chi connectivity index (χ4v) is 2.62. The third kappa shape index (κ3) is 1.15. The molecule has 0 bridgehead atoms. The van der Waals surface area contributed by atoms with Crippen molar-refractivity contribution in [3.63, 3.8) is 0 Å². The fourth-order valence-electron chi connectivity index (χ4n) is 2.62. The Bertz CT molecular complexity index is 251. The van der Waals surface area contributed by atoms with E-state index in [9.17, 15) is 14.3 Å². The van der Waals surface area contributed by atoms with Gasteiger partial charge < -0.3 is 9.84 Å². The van der Waals surface area contributed by atoms with E-state index in [2.05, 4.69) is 0 Å². The number of esters is 1. The van der Waals surface area contributed by atoms with Crippen molar-refractivity contribution < 1.29 is 19.0 Å². The highest BCUT2D eigenvalue weighted by molar-refractivity contribution is 5.66. The Hall–Kier alpha value is -0.640. The number of carbonyl (C=O) groups is 1. The van der Waals surface area contributed by atoms with Crippen molar-refractivity contribution in [2.75, 3.05) is 0 Å². The van der Waals surface area contributed by atoms with Crippen LogP contribution in [0, 0.1) is 11.8 Å². The summed E-state index contributed by atoms with van der Waals surface area (Å²) in [5.74, 6) is -1.01. The number of hydrogen-bond acceptors (Lipinski definition) is 3. The van der Waals surface area contributed by atoms with Gasteiger partial charge in [0.25, 0.3) is 0 Å². The van der Waals surface area contributed by atoms with Gasteiger partial charge >= 0.3 is 5.97 Å². The summed E-state index contributed by atoms with van der Waals surface area (Å²) in [6.07, 6.45) is -0.689. The molecule has 0 aromatic rings. The predicted molar refractivity (Wildman–Crippen MR) is 42.7 cm³/mol. The van der Waals surface area contributed by atoms with Crippen LogP contribution in [-0.2, 0) is 9.53 Å². The molecule has 5 atom stereocenters. The summed E-state index contributed by atoms with van der Waals surface area (Å²) in [6, 6.07) is 0. The minimum absolute atomic E-state index is 0.286. The summed E-state index contributed by atoms with van der Waals surface area (Å²) >= 11 is 0. The fraction of sp³-hybridized carbons (Fsp3) is 0.889. The maximum Gasteiger partial charge on any atom is 0.302 e. The molecule has 2 saturated carbocycles. The van der Waals surface area contributed by atoms with Crippen LogP contribution in [0.2, 0.25) is 0 Å². The Morgan fingerprint density at radius 2 is 2.23 bits per heavy atom. The minimum atomic E-state index is -1.34. The molecule has 4 heteroatoms. The molecule has 0 amide bonds. The lowest BCUT2D eigenvalue weighted by atomic mass is 10.1. The van der Waals surface area contributed by atoms with Crippen LogP contribution in [0.1, 0.15) is 20.3 Å². The molecular formula is C9H13FO3. The summed E-state index contributed by atoms with van der Waals surface area (Å²) < 4.78 is 18.4. The molecule has 0 radical (unpaired) electrons. The molecule has 13 heavy (non-hydrogen) atoms. The molecule has 0 aliphatic heterocycles. The van der Waals surface area contributed by atoms with Gasteiger partial charge in [-0.15, -0.1) is 0 Å². The van der Waals surface area contributed by atoms with Crippen molar-refractivity contribution in [3.8, 4) is 0 Å². The second-order valence-electron chi connectivity index (χ2n) is 4.15. The van der Waals surface area contributed by atoms with E-state index in [4.69, 9.17) is 4.74 Å². The van der Waals surface area contributed by atoms with Crippen LogP contribution in [-0.4, -0.2) is 29.0 Å². The van der Waals surface area contributed by atoms with Gasteiger partial charge in [0.1, 0.15) is 11.8 Å². The van der Waals surface area contributed by atoms with Gasteiger partial charge in [-0.2, -0.15) is 0 Å². The van der Waals surface area contributed by atoms with Crippen molar-refractivity contribution in [2.45, 2.75) is 38.1 Å². The zero-order valence-corrected chi connectivity index (χ0v) is 7.66. The first kappa shape index (κ1) is 8.94. The topological polar surface area (TPSA) is 46.5 Å². The number of rotatable bonds is 1. The molecular weight excluding hydrogens is 175 g/mol. The Morgan fingerprint density at radius 3 is 2.62 bits per heavy atom. The molecule has 0 heterocycles. The van der Waals surface area contributed by atoms with Gasteiger partial charge in [-0.05, 0) is 6.92 Å². The molecule has 2 aliphatic carbocycles. The first-order valence-electron chi connectivity index (χ1n) is 4.48. The Balaban J connectivity index is 2.05. The number of alkyl halides is 1. The van der Waals surface area contributed by atoms with Crippen LogP contribution < -0.4 is 0 Å². The standard InChI is InChI=1S/C9H13FO3/c1-4(11)13-6-3-5(12)7-8(6)9(7,2)10/h5-8,12H,3H2,1-2H3/t5-,6+,7+,8-,9+/m0/s1. The number of aliphatic hydroxyl groups is 1. The molecule has 0 aromatic heterocycles. The zero-order chi connectivity index (χ0) is 9.80. The van der Waals surface area contributed by atoms with E-state index in [1.165, 1.54) is 13.8 Å². The van der Waals surface area contributed by atoms with Crippen LogP contribution in [0.5, 0.6) is 0 Å². The number of hydrogen-bond donors (Lipinski definition) is 1. The maximum atomic E-state index is 13.5. The molecule has 0 unspecified atom stereocenters. The highest BCUT2D eigenvalue weighted by Gasteiger charge is 2.73. The van der Waals surface area contributed by atoms with Crippen molar-refractivity contribution in [1.29, 1.82) is 0 Å². The molecule has 0 aromatic carbocycles. The van der Waals surface area contributed by atoms with Crippen LogP contribution in [0.25, 0.3) is 0 Å². The lowest BCUT2D eigenvalue weighted by Gasteiger charge is -2.17. The Labute approximate surface area is 75.9 Å². The first-order chi connectivity index (χ1) is 5.94. The van der Waals surface area contributed by atoms with Crippen molar-refractivity contribution in [3.05, 3.63) is 0 Å². The van der Waals surface area contributed by atoms with E-state index in [0.717, 1.165) is 0 Å². The monoisotopic (exact) mass is 188 g/mol. The SMILES string of the molecule is CC(=O)O[C@@H]1C[C@H](O)[C@@H]2[C@H]1[C@]2(C)F. The predicted octanol–water partition coefficient (Wildman–Crippen LogP) is 0.657. The van der Waals surface area contributed by atoms with Gasteiger partial charge in [-0.3, -0.25) is 4.79 Å². The summed E-state index contributed by atoms with van der Waals surface area (Å²) in [6.45, 7) is 2.76. The van der Waals surface area contributed by atoms with Crippen molar-refractivity contribution in [1.82, 2.24) is 0 Å². The van der Waals surface area contributed by atoms with E-state index < -0.39 is 23.8 Å². The van der Waals surface area contributed by atoms with Crippen LogP contribution in [0.4, 0.5) is 4.39 Å². The maximum absolute atomic E-state index is 13.5. The van der Waals surface area contributed by atoms with Gasteiger partial charge in [-0.1, -0.05) is 0 Å². The van der Waals surface area contributed by atoms with E-state index in [1.54, 1.807) is 0 Å². The lowest BCUT2D eigenvalue weighted by molar-refractivity contribution is -0.148. The molecule has 2 aliphatic rings. The number of carbonyl (C=O) groups excluding carboxylic acids is 1. The molecule has 0 saturated heterocycles. The van der Waals surface area contributed by atoms with Gasteiger partial charge in [-0.25, -0.2) is 4.39 Å². The van der Waals surface area contributed by atoms with E-state index in [-0.39, 0.29) is 11.8 Å². The molecule has 0 spiro atoms. The van der Waals surface area contributed by atoms with Gasteiger partial charge in [0.2, 0.25) is 0 Å². The smallest absolute Gasteiger partial charge is 0.302 e. The van der Waals surface area contributed by atoms with E-state index >= 15 is 0 Å². The first-order valence-corrected chi connectivity index (χ1v) is 4.48. The quantitative estimate of drug-likeness (QED) is 0.615. The summed E-state index contributed by atoms with van der Waals surface area (Å²) in [7, 11) is 0. The van der Waals surface area contributed by atoms with Crippen LogP contribution >= 0.6 is 0 Å². The number of halogens is 1. The average Bonchev–Trinajstić information content (AvgIpc) is 2.31. The lowest BCUT2D eigenvalue weighted by Crippen LogP contribution is -2.25. The Morgan fingerprint density at radius 1 is 1.62 bits per heavy atom. The van der Waals surface area contributed by atoms with Crippen molar-refractivity contribution >= 4 is 5.97 Å². The second kappa shape index (κ2) is 2.44. The Kier molecular flexibility index (Phi) is 1.68. The third-order valence-electron chi connectivity index (χ3n) is 3.19. The zero-order valence-electron chi connectivity index (χ0n) is 7.66. The summed E-state index contributed by atoms with van der Waals surface area (Å²) in [4.78, 5) is 10.7. The van der Waals surface area contributed by atoms with Gasteiger partial charge in [0.15, 0.2) is 0 Å². The minimum Gasteiger partial charge on any atom is -0.462 e. The summed E-state index contributed by atoms with van der Waals surface area (Å²) in [5.41, 5.74) is -1.34. The van der Waals surface area contributed by atoms with Crippen LogP contribution in [0.15, 0.2) is 0 Å². The molecule has 74 valence electrons.